The van der Waals surface area contributed by atoms with Gasteiger partial charge in [0, 0.05) is 23.4 Å². The number of anilines is 1. The lowest BCUT2D eigenvalue weighted by Crippen LogP contribution is -2.04. The van der Waals surface area contributed by atoms with Gasteiger partial charge in [-0.05, 0) is 19.1 Å². The molecule has 0 atom stereocenters. The van der Waals surface area contributed by atoms with Crippen LogP contribution in [0.4, 0.5) is 5.69 Å². The smallest absolute Gasteiger partial charge is 0.123 e. The molecule has 0 aromatic heterocycles. The zero-order chi connectivity index (χ0) is 13.7. The Balaban J connectivity index is 2.16. The van der Waals surface area contributed by atoms with Gasteiger partial charge in [0.1, 0.15) is 5.75 Å². The molecule has 0 saturated carbocycles. The Morgan fingerprint density at radius 2 is 1.89 bits per heavy atom. The first kappa shape index (κ1) is 13.4. The SMILES string of the molecule is COc1ccc(C)cc1CNc1ccccc1CO. The van der Waals surface area contributed by atoms with Gasteiger partial charge in [-0.3, -0.25) is 0 Å². The Labute approximate surface area is 113 Å². The molecule has 0 aliphatic rings. The Morgan fingerprint density at radius 1 is 1.11 bits per heavy atom. The number of para-hydroxylation sites is 1. The average molecular weight is 257 g/mol. The van der Waals surface area contributed by atoms with Gasteiger partial charge in [-0.25, -0.2) is 0 Å². The molecular formula is C16H19NO2. The Morgan fingerprint density at radius 3 is 2.63 bits per heavy atom. The summed E-state index contributed by atoms with van der Waals surface area (Å²) in [5.74, 6) is 0.875. The third-order valence-corrected chi connectivity index (χ3v) is 3.09. The van der Waals surface area contributed by atoms with E-state index in [-0.39, 0.29) is 6.61 Å². The van der Waals surface area contributed by atoms with Crippen molar-refractivity contribution in [2.24, 2.45) is 0 Å². The van der Waals surface area contributed by atoms with Crippen molar-refractivity contribution >= 4 is 5.69 Å². The molecule has 0 saturated heterocycles. The minimum Gasteiger partial charge on any atom is -0.496 e. The Hall–Kier alpha value is -2.00. The summed E-state index contributed by atoms with van der Waals surface area (Å²) in [6.07, 6.45) is 0. The van der Waals surface area contributed by atoms with Crippen molar-refractivity contribution in [3.05, 3.63) is 59.2 Å². The average Bonchev–Trinajstić information content (AvgIpc) is 2.45. The number of rotatable bonds is 5. The highest BCUT2D eigenvalue weighted by molar-refractivity contribution is 5.52. The fourth-order valence-electron chi connectivity index (χ4n) is 2.07. The van der Waals surface area contributed by atoms with Crippen LogP contribution in [0.25, 0.3) is 0 Å². The molecule has 3 nitrogen and oxygen atoms in total. The molecule has 0 fully saturated rings. The molecule has 19 heavy (non-hydrogen) atoms. The van der Waals surface area contributed by atoms with Crippen LogP contribution in [0.5, 0.6) is 5.75 Å². The highest BCUT2D eigenvalue weighted by Gasteiger charge is 2.05. The maximum absolute atomic E-state index is 9.30. The van der Waals surface area contributed by atoms with Crippen LogP contribution in [0.15, 0.2) is 42.5 Å². The van der Waals surface area contributed by atoms with Crippen molar-refractivity contribution in [2.45, 2.75) is 20.1 Å². The van der Waals surface area contributed by atoms with Crippen LogP contribution in [0.2, 0.25) is 0 Å². The van der Waals surface area contributed by atoms with E-state index in [1.807, 2.05) is 36.4 Å². The second kappa shape index (κ2) is 6.25. The lowest BCUT2D eigenvalue weighted by atomic mass is 10.1. The van der Waals surface area contributed by atoms with E-state index < -0.39 is 0 Å². The van der Waals surface area contributed by atoms with Crippen molar-refractivity contribution in [3.63, 3.8) is 0 Å². The minimum absolute atomic E-state index is 0.0358. The fourth-order valence-corrected chi connectivity index (χ4v) is 2.07. The summed E-state index contributed by atoms with van der Waals surface area (Å²) in [4.78, 5) is 0. The van der Waals surface area contributed by atoms with Crippen molar-refractivity contribution in [1.82, 2.24) is 0 Å². The van der Waals surface area contributed by atoms with Gasteiger partial charge in [-0.1, -0.05) is 35.9 Å². The number of aliphatic hydroxyl groups is 1. The fraction of sp³-hybridized carbons (Fsp3) is 0.250. The summed E-state index contributed by atoms with van der Waals surface area (Å²) in [7, 11) is 1.68. The van der Waals surface area contributed by atoms with Crippen molar-refractivity contribution in [3.8, 4) is 5.75 Å². The first-order valence-electron chi connectivity index (χ1n) is 6.30. The molecule has 0 aliphatic heterocycles. The van der Waals surface area contributed by atoms with Gasteiger partial charge in [0.05, 0.1) is 13.7 Å². The third kappa shape index (κ3) is 3.26. The maximum atomic E-state index is 9.30. The number of hydrogen-bond acceptors (Lipinski definition) is 3. The van der Waals surface area contributed by atoms with Crippen molar-refractivity contribution in [2.75, 3.05) is 12.4 Å². The van der Waals surface area contributed by atoms with Crippen molar-refractivity contribution in [1.29, 1.82) is 0 Å². The van der Waals surface area contributed by atoms with Crippen LogP contribution < -0.4 is 10.1 Å². The van der Waals surface area contributed by atoms with Crippen LogP contribution >= 0.6 is 0 Å². The predicted molar refractivity (Wildman–Crippen MR) is 77.4 cm³/mol. The summed E-state index contributed by atoms with van der Waals surface area (Å²) >= 11 is 0. The van der Waals surface area contributed by atoms with E-state index >= 15 is 0 Å². The second-order valence-corrected chi connectivity index (χ2v) is 4.48. The van der Waals surface area contributed by atoms with Crippen LogP contribution in [0, 0.1) is 6.92 Å². The molecular weight excluding hydrogens is 238 g/mol. The number of nitrogens with one attached hydrogen (secondary N) is 1. The number of ether oxygens (including phenoxy) is 1. The molecule has 0 spiro atoms. The number of methoxy groups -OCH3 is 1. The first-order chi connectivity index (χ1) is 9.24. The summed E-state index contributed by atoms with van der Waals surface area (Å²) in [5.41, 5.74) is 4.16. The molecule has 0 heterocycles. The van der Waals surface area contributed by atoms with Gasteiger partial charge in [-0.2, -0.15) is 0 Å². The minimum atomic E-state index is 0.0358. The molecule has 0 amide bonds. The van der Waals surface area contributed by atoms with Crippen LogP contribution in [0.3, 0.4) is 0 Å². The number of aryl methyl sites for hydroxylation is 1. The topological polar surface area (TPSA) is 41.5 Å². The zero-order valence-corrected chi connectivity index (χ0v) is 11.3. The van der Waals surface area contributed by atoms with Gasteiger partial charge >= 0.3 is 0 Å². The van der Waals surface area contributed by atoms with Gasteiger partial charge < -0.3 is 15.2 Å². The highest BCUT2D eigenvalue weighted by Crippen LogP contribution is 2.22. The van der Waals surface area contributed by atoms with Crippen molar-refractivity contribution < 1.29 is 9.84 Å². The van der Waals surface area contributed by atoms with E-state index in [1.54, 1.807) is 7.11 Å². The molecule has 0 unspecified atom stereocenters. The molecule has 0 radical (unpaired) electrons. The summed E-state index contributed by atoms with van der Waals surface area (Å²) in [5, 5.41) is 12.6. The molecule has 0 aliphatic carbocycles. The molecule has 3 heteroatoms. The Bertz CT molecular complexity index is 552. The number of benzene rings is 2. The van der Waals surface area contributed by atoms with E-state index in [4.69, 9.17) is 4.74 Å². The van der Waals surface area contributed by atoms with E-state index in [2.05, 4.69) is 18.3 Å². The second-order valence-electron chi connectivity index (χ2n) is 4.48. The third-order valence-electron chi connectivity index (χ3n) is 3.09. The number of aliphatic hydroxyl groups excluding tert-OH is 1. The molecule has 2 aromatic carbocycles. The van der Waals surface area contributed by atoms with Gasteiger partial charge in [-0.15, -0.1) is 0 Å². The highest BCUT2D eigenvalue weighted by atomic mass is 16.5. The molecule has 2 N–H and O–H groups in total. The van der Waals surface area contributed by atoms with E-state index in [9.17, 15) is 5.11 Å². The van der Waals surface area contributed by atoms with E-state index in [0.29, 0.717) is 6.54 Å². The van der Waals surface area contributed by atoms with Gasteiger partial charge in [0.15, 0.2) is 0 Å². The van der Waals surface area contributed by atoms with Crippen LogP contribution in [0.1, 0.15) is 16.7 Å². The number of hydrogen-bond donors (Lipinski definition) is 2. The standard InChI is InChI=1S/C16H19NO2/c1-12-7-8-16(19-2)14(9-12)10-17-15-6-4-3-5-13(15)11-18/h3-9,17-18H,10-11H2,1-2H3. The quantitative estimate of drug-likeness (QED) is 0.864. The monoisotopic (exact) mass is 257 g/mol. The lowest BCUT2D eigenvalue weighted by Gasteiger charge is -2.13. The zero-order valence-electron chi connectivity index (χ0n) is 11.3. The van der Waals surface area contributed by atoms with E-state index in [1.165, 1.54) is 5.56 Å². The summed E-state index contributed by atoms with van der Waals surface area (Å²) < 4.78 is 5.36. The largest absolute Gasteiger partial charge is 0.496 e. The maximum Gasteiger partial charge on any atom is 0.123 e. The Kier molecular flexibility index (Phi) is 4.42. The summed E-state index contributed by atoms with van der Waals surface area (Å²) in [6.45, 7) is 2.76. The predicted octanol–water partition coefficient (Wildman–Crippen LogP) is 3.11. The molecule has 0 bridgehead atoms. The molecule has 100 valence electrons. The first-order valence-corrected chi connectivity index (χ1v) is 6.30. The molecule has 2 aromatic rings. The normalized spacial score (nSPS) is 10.3. The van der Waals surface area contributed by atoms with Gasteiger partial charge in [0.25, 0.3) is 0 Å². The van der Waals surface area contributed by atoms with Gasteiger partial charge in [0.2, 0.25) is 0 Å². The van der Waals surface area contributed by atoms with Crippen LogP contribution in [-0.2, 0) is 13.2 Å². The molecule has 2 rings (SSSR count). The van der Waals surface area contributed by atoms with Crippen LogP contribution in [-0.4, -0.2) is 12.2 Å². The summed E-state index contributed by atoms with van der Waals surface area (Å²) in [6, 6.07) is 13.9. The lowest BCUT2D eigenvalue weighted by molar-refractivity contribution is 0.282. The van der Waals surface area contributed by atoms with E-state index in [0.717, 1.165) is 22.6 Å².